The SMILES string of the molecule is CC[C@H]1O[C@@H](n2cc(C)c(NC(=O)c3ccccc3)nc2=O)[C@@H](C)C1OP(=O)(OC[C@H]1O[C@@H](n2cnc3c(NC(=O)c4ccccc4)ncnc32)[C@@H](OC)C1C)N(C)C. The monoisotopic (exact) mass is 829 g/mol. The normalized spacial score (nSPS) is 25.3. The van der Waals surface area contributed by atoms with E-state index in [0.717, 1.165) is 0 Å². The number of amides is 2. The summed E-state index contributed by atoms with van der Waals surface area (Å²) in [6.45, 7) is 7.33. The standard InChI is InChI=1S/C40H48N9O9P/c1-8-28-31(25(4)38(56-28)48-19-23(2)33(46-40(48)52)44-36(50)26-15-11-9-12-16-26)58-59(53,47(5)6)55-20-29-24(3)32(54-7)39(57-29)49-22-43-30-34(41-21-42-35(30)49)45-37(51)27-17-13-10-14-18-27/h9-19,21-22,24-25,28-29,31-32,38-39H,8,20H2,1-7H3,(H,41,42,45,51)(H,44,46,50,52)/t24?,25-,28+,29+,31?,32-,38+,39+,59?/m0/s1. The molecule has 2 N–H and O–H groups in total. The van der Waals surface area contributed by atoms with Crippen molar-refractivity contribution in [3.63, 3.8) is 0 Å². The van der Waals surface area contributed by atoms with Crippen LogP contribution in [0.3, 0.4) is 0 Å². The Labute approximate surface area is 340 Å². The molecule has 0 radical (unpaired) electrons. The number of fused-ring (bicyclic) bond motifs is 1. The predicted molar refractivity (Wildman–Crippen MR) is 217 cm³/mol. The van der Waals surface area contributed by atoms with Gasteiger partial charge in [0.1, 0.15) is 30.6 Å². The van der Waals surface area contributed by atoms with Crippen LogP contribution in [0.25, 0.3) is 11.2 Å². The number of aromatic nitrogens is 6. The molecular formula is C40H48N9O9P. The summed E-state index contributed by atoms with van der Waals surface area (Å²) in [6, 6.07) is 17.4. The first-order chi connectivity index (χ1) is 28.3. The molecule has 59 heavy (non-hydrogen) atoms. The number of hydrogen-bond acceptors (Lipinski definition) is 13. The van der Waals surface area contributed by atoms with Crippen molar-refractivity contribution in [3.8, 4) is 0 Å². The van der Waals surface area contributed by atoms with Crippen molar-refractivity contribution >= 4 is 42.4 Å². The Kier molecular flexibility index (Phi) is 12.5. The van der Waals surface area contributed by atoms with E-state index in [1.54, 1.807) is 99.8 Å². The number of ether oxygens (including phenoxy) is 3. The van der Waals surface area contributed by atoms with Gasteiger partial charge >= 0.3 is 13.4 Å². The predicted octanol–water partition coefficient (Wildman–Crippen LogP) is 5.46. The quantitative estimate of drug-likeness (QED) is 0.134. The van der Waals surface area contributed by atoms with Gasteiger partial charge in [-0.15, -0.1) is 0 Å². The third kappa shape index (κ3) is 8.47. The first kappa shape index (κ1) is 41.9. The number of anilines is 2. The van der Waals surface area contributed by atoms with Crippen molar-refractivity contribution in [1.82, 2.24) is 33.7 Å². The molecule has 0 saturated carbocycles. The van der Waals surface area contributed by atoms with Gasteiger partial charge in [-0.25, -0.2) is 29.0 Å². The molecule has 0 aliphatic carbocycles. The maximum atomic E-state index is 14.6. The summed E-state index contributed by atoms with van der Waals surface area (Å²) in [4.78, 5) is 56.5. The van der Waals surface area contributed by atoms with Gasteiger partial charge in [-0.1, -0.05) is 57.2 Å². The summed E-state index contributed by atoms with van der Waals surface area (Å²) in [7, 11) is 0.791. The lowest BCUT2D eigenvalue weighted by Gasteiger charge is -2.31. The van der Waals surface area contributed by atoms with E-state index in [9.17, 15) is 18.9 Å². The van der Waals surface area contributed by atoms with Crippen LogP contribution in [0.2, 0.25) is 0 Å². The topological polar surface area (TPSA) is 203 Å². The highest BCUT2D eigenvalue weighted by molar-refractivity contribution is 7.51. The molecule has 5 aromatic rings. The molecule has 2 fully saturated rings. The van der Waals surface area contributed by atoms with Crippen LogP contribution in [0, 0.1) is 18.8 Å². The van der Waals surface area contributed by atoms with E-state index in [0.29, 0.717) is 34.3 Å². The highest BCUT2D eigenvalue weighted by atomic mass is 31.2. The average Bonchev–Trinajstić information content (AvgIpc) is 3.91. The molecule has 19 heteroatoms. The Morgan fingerprint density at radius 3 is 2.08 bits per heavy atom. The largest absolute Gasteiger partial charge is 0.408 e. The van der Waals surface area contributed by atoms with Crippen LogP contribution in [-0.4, -0.2) is 97.8 Å². The van der Waals surface area contributed by atoms with E-state index in [1.807, 2.05) is 26.8 Å². The highest BCUT2D eigenvalue weighted by Gasteiger charge is 2.49. The Bertz CT molecular complexity index is 2400. The maximum Gasteiger partial charge on any atom is 0.408 e. The zero-order valence-corrected chi connectivity index (χ0v) is 34.7. The Morgan fingerprint density at radius 2 is 1.47 bits per heavy atom. The molecule has 9 atom stereocenters. The lowest BCUT2D eigenvalue weighted by atomic mass is 10.0. The fourth-order valence-corrected chi connectivity index (χ4v) is 8.85. The van der Waals surface area contributed by atoms with Crippen molar-refractivity contribution < 1.29 is 37.4 Å². The molecular weight excluding hydrogens is 781 g/mol. The molecule has 7 rings (SSSR count). The molecule has 2 saturated heterocycles. The summed E-state index contributed by atoms with van der Waals surface area (Å²) in [6.07, 6.45) is 1.10. The lowest BCUT2D eigenvalue weighted by Crippen LogP contribution is -2.34. The molecule has 0 spiro atoms. The van der Waals surface area contributed by atoms with Crippen LogP contribution in [0.15, 0.2) is 84.3 Å². The molecule has 3 aromatic heterocycles. The van der Waals surface area contributed by atoms with Gasteiger partial charge in [-0.3, -0.25) is 27.8 Å². The van der Waals surface area contributed by atoms with Gasteiger partial charge in [0.15, 0.2) is 23.2 Å². The third-order valence-corrected chi connectivity index (χ3v) is 12.7. The van der Waals surface area contributed by atoms with Crippen molar-refractivity contribution in [2.45, 2.75) is 71.0 Å². The molecule has 5 heterocycles. The molecule has 2 aliphatic rings. The number of imidazole rings is 1. The smallest absolute Gasteiger partial charge is 0.376 e. The molecule has 2 amide bonds. The van der Waals surface area contributed by atoms with E-state index >= 15 is 0 Å². The fourth-order valence-electron chi connectivity index (χ4n) is 7.40. The highest BCUT2D eigenvalue weighted by Crippen LogP contribution is 2.55. The van der Waals surface area contributed by atoms with Gasteiger partial charge in [-0.2, -0.15) is 4.98 Å². The van der Waals surface area contributed by atoms with E-state index in [2.05, 4.69) is 30.6 Å². The Balaban J connectivity index is 1.05. The Hall–Kier alpha value is -5.20. The number of carbonyl (C=O) groups is 2. The molecule has 18 nitrogen and oxygen atoms in total. The number of nitrogens with one attached hydrogen (secondary N) is 2. The van der Waals surface area contributed by atoms with Crippen LogP contribution in [0.5, 0.6) is 0 Å². The van der Waals surface area contributed by atoms with Gasteiger partial charge < -0.3 is 24.8 Å². The van der Waals surface area contributed by atoms with Gasteiger partial charge in [-0.05, 0) is 51.7 Å². The minimum Gasteiger partial charge on any atom is -0.376 e. The third-order valence-electron chi connectivity index (χ3n) is 10.7. The molecule has 0 bridgehead atoms. The van der Waals surface area contributed by atoms with Crippen LogP contribution in [0.4, 0.5) is 11.6 Å². The summed E-state index contributed by atoms with van der Waals surface area (Å²) >= 11 is 0. The number of nitrogens with zero attached hydrogens (tertiary/aromatic N) is 7. The number of benzene rings is 2. The molecule has 2 aliphatic heterocycles. The van der Waals surface area contributed by atoms with Crippen LogP contribution < -0.4 is 16.3 Å². The zero-order chi connectivity index (χ0) is 42.0. The van der Waals surface area contributed by atoms with Crippen molar-refractivity contribution in [2.75, 3.05) is 38.4 Å². The average molecular weight is 830 g/mol. The van der Waals surface area contributed by atoms with Crippen molar-refractivity contribution in [2.24, 2.45) is 11.8 Å². The van der Waals surface area contributed by atoms with E-state index in [4.69, 9.17) is 23.3 Å². The number of carbonyl (C=O) groups excluding carboxylic acids is 2. The number of aryl methyl sites for hydroxylation is 1. The molecule has 312 valence electrons. The van der Waals surface area contributed by atoms with E-state index < -0.39 is 62.1 Å². The number of hydrogen-bond donors (Lipinski definition) is 2. The second-order valence-electron chi connectivity index (χ2n) is 14.8. The number of methoxy groups -OCH3 is 1. The van der Waals surface area contributed by atoms with Gasteiger partial charge in [0.25, 0.3) is 11.8 Å². The van der Waals surface area contributed by atoms with Gasteiger partial charge in [0.2, 0.25) is 0 Å². The molecule has 3 unspecified atom stereocenters. The minimum absolute atomic E-state index is 0.117. The second-order valence-corrected chi connectivity index (χ2v) is 17.0. The zero-order valence-electron chi connectivity index (χ0n) is 33.8. The summed E-state index contributed by atoms with van der Waals surface area (Å²) in [5, 5.41) is 5.53. The summed E-state index contributed by atoms with van der Waals surface area (Å²) in [5.74, 6) is -1.07. The maximum absolute atomic E-state index is 14.6. The van der Waals surface area contributed by atoms with Crippen molar-refractivity contribution in [1.29, 1.82) is 0 Å². The molecule has 2 aromatic carbocycles. The van der Waals surface area contributed by atoms with Crippen LogP contribution in [0.1, 0.15) is 65.9 Å². The van der Waals surface area contributed by atoms with Gasteiger partial charge in [0.05, 0.1) is 25.1 Å². The second kappa shape index (κ2) is 17.6. The fraction of sp³-hybridized carbons (Fsp3) is 0.425. The van der Waals surface area contributed by atoms with Crippen LogP contribution >= 0.6 is 7.75 Å². The van der Waals surface area contributed by atoms with E-state index in [1.165, 1.54) is 15.6 Å². The first-order valence-corrected chi connectivity index (χ1v) is 20.8. The van der Waals surface area contributed by atoms with E-state index in [-0.39, 0.29) is 30.1 Å². The summed E-state index contributed by atoms with van der Waals surface area (Å²) < 4.78 is 50.4. The summed E-state index contributed by atoms with van der Waals surface area (Å²) in [5.41, 5.74) is 1.60. The lowest BCUT2D eigenvalue weighted by molar-refractivity contribution is -0.0593. The van der Waals surface area contributed by atoms with Gasteiger partial charge in [0, 0.05) is 41.8 Å². The number of rotatable bonds is 14. The first-order valence-electron chi connectivity index (χ1n) is 19.3. The van der Waals surface area contributed by atoms with Crippen LogP contribution in [-0.2, 0) is 27.8 Å². The Morgan fingerprint density at radius 1 is 0.847 bits per heavy atom. The van der Waals surface area contributed by atoms with Crippen molar-refractivity contribution in [3.05, 3.63) is 107 Å². The minimum atomic E-state index is -3.99.